The monoisotopic (exact) mass is 279 g/mol. The Labute approximate surface area is 122 Å². The van der Waals surface area contributed by atoms with Gasteiger partial charge in [0.25, 0.3) is 0 Å². The van der Waals surface area contributed by atoms with Crippen LogP contribution in [0.2, 0.25) is 5.02 Å². The molecule has 1 fully saturated rings. The number of halogens is 1. The lowest BCUT2D eigenvalue weighted by Gasteiger charge is -2.38. The first kappa shape index (κ1) is 14.9. The molecule has 0 saturated heterocycles. The predicted molar refractivity (Wildman–Crippen MR) is 83.9 cm³/mol. The maximum Gasteiger partial charge on any atom is 0.0456 e. The fraction of sp³-hybridized carbons (Fsp3) is 0.647. The molecule has 0 spiro atoms. The number of aryl methyl sites for hydroxylation is 2. The Hall–Kier alpha value is -0.530. The molecule has 0 aliphatic heterocycles. The first-order chi connectivity index (χ1) is 9.04. The molecule has 1 atom stereocenters. The van der Waals surface area contributed by atoms with E-state index < -0.39 is 0 Å². The van der Waals surface area contributed by atoms with Crippen molar-refractivity contribution in [3.63, 3.8) is 0 Å². The van der Waals surface area contributed by atoms with Gasteiger partial charge >= 0.3 is 0 Å². The van der Waals surface area contributed by atoms with Gasteiger partial charge in [0.15, 0.2) is 0 Å². The molecule has 1 nitrogen and oxygen atoms in total. The molecule has 2 heteroatoms. The van der Waals surface area contributed by atoms with Crippen LogP contribution in [0.3, 0.4) is 0 Å². The largest absolute Gasteiger partial charge is 0.312 e. The van der Waals surface area contributed by atoms with Crippen LogP contribution >= 0.6 is 11.6 Å². The quantitative estimate of drug-likeness (QED) is 0.800. The molecule has 0 heterocycles. The van der Waals surface area contributed by atoms with Crippen LogP contribution in [0.4, 0.5) is 0 Å². The van der Waals surface area contributed by atoms with Crippen LogP contribution in [0.5, 0.6) is 0 Å². The fourth-order valence-electron chi connectivity index (χ4n) is 3.74. The lowest BCUT2D eigenvalue weighted by atomic mass is 9.73. The second kappa shape index (κ2) is 5.85. The van der Waals surface area contributed by atoms with Gasteiger partial charge in [-0.1, -0.05) is 37.4 Å². The van der Waals surface area contributed by atoms with E-state index in [1.54, 1.807) is 0 Å². The second-order valence-electron chi connectivity index (χ2n) is 6.10. The summed E-state index contributed by atoms with van der Waals surface area (Å²) in [7, 11) is 2.08. The molecule has 1 aromatic carbocycles. The van der Waals surface area contributed by atoms with E-state index in [0.29, 0.717) is 11.5 Å². The van der Waals surface area contributed by atoms with Crippen molar-refractivity contribution in [3.8, 4) is 0 Å². The van der Waals surface area contributed by atoms with Gasteiger partial charge in [-0.15, -0.1) is 0 Å². The van der Waals surface area contributed by atoms with Gasteiger partial charge in [0.2, 0.25) is 0 Å². The van der Waals surface area contributed by atoms with Crippen molar-refractivity contribution in [1.82, 2.24) is 5.32 Å². The zero-order valence-electron chi connectivity index (χ0n) is 12.6. The molecular formula is C17H26ClN. The molecule has 1 N–H and O–H groups in total. The van der Waals surface area contributed by atoms with E-state index in [9.17, 15) is 0 Å². The van der Waals surface area contributed by atoms with E-state index in [-0.39, 0.29) is 0 Å². The molecule has 1 aromatic rings. The topological polar surface area (TPSA) is 12.0 Å². The average molecular weight is 280 g/mol. The van der Waals surface area contributed by atoms with Crippen molar-refractivity contribution in [2.75, 3.05) is 7.05 Å². The number of rotatable bonds is 4. The minimum absolute atomic E-state index is 0.381. The van der Waals surface area contributed by atoms with Crippen molar-refractivity contribution in [1.29, 1.82) is 0 Å². The summed E-state index contributed by atoms with van der Waals surface area (Å²) >= 11 is 6.53. The third-order valence-electron chi connectivity index (χ3n) is 5.13. The van der Waals surface area contributed by atoms with E-state index in [1.807, 2.05) is 0 Å². The molecule has 0 bridgehead atoms. The van der Waals surface area contributed by atoms with Crippen LogP contribution in [0, 0.1) is 19.3 Å². The van der Waals surface area contributed by atoms with E-state index >= 15 is 0 Å². The summed E-state index contributed by atoms with van der Waals surface area (Å²) in [6.07, 6.45) is 6.57. The lowest BCUT2D eigenvalue weighted by molar-refractivity contribution is 0.195. The molecule has 1 aliphatic carbocycles. The smallest absolute Gasteiger partial charge is 0.0456 e. The van der Waals surface area contributed by atoms with Gasteiger partial charge in [-0.05, 0) is 68.3 Å². The van der Waals surface area contributed by atoms with E-state index in [0.717, 1.165) is 5.02 Å². The lowest BCUT2D eigenvalue weighted by Crippen LogP contribution is -2.34. The predicted octanol–water partition coefficient (Wildman–Crippen LogP) is 5.19. The molecule has 19 heavy (non-hydrogen) atoms. The van der Waals surface area contributed by atoms with E-state index in [4.69, 9.17) is 11.6 Å². The zero-order chi connectivity index (χ0) is 14.0. The molecular weight excluding hydrogens is 254 g/mol. The highest BCUT2D eigenvalue weighted by Gasteiger charge is 2.40. The Kier molecular flexibility index (Phi) is 4.58. The Bertz CT molecular complexity index is 447. The molecule has 2 rings (SSSR count). The van der Waals surface area contributed by atoms with Gasteiger partial charge < -0.3 is 5.32 Å². The number of hydrogen-bond donors (Lipinski definition) is 1. The second-order valence-corrected chi connectivity index (χ2v) is 6.51. The first-order valence-corrected chi connectivity index (χ1v) is 7.86. The van der Waals surface area contributed by atoms with Crippen molar-refractivity contribution in [2.45, 2.75) is 58.9 Å². The van der Waals surface area contributed by atoms with Crippen molar-refractivity contribution in [2.24, 2.45) is 5.41 Å². The van der Waals surface area contributed by atoms with Crippen LogP contribution in [-0.2, 0) is 0 Å². The highest BCUT2D eigenvalue weighted by Crippen LogP contribution is 2.51. The van der Waals surface area contributed by atoms with Gasteiger partial charge in [-0.25, -0.2) is 0 Å². The van der Waals surface area contributed by atoms with Gasteiger partial charge in [0, 0.05) is 11.1 Å². The maximum atomic E-state index is 6.53. The minimum atomic E-state index is 0.381. The van der Waals surface area contributed by atoms with Crippen LogP contribution in [0.25, 0.3) is 0 Å². The number of hydrogen-bond acceptors (Lipinski definition) is 1. The van der Waals surface area contributed by atoms with Gasteiger partial charge in [-0.2, -0.15) is 0 Å². The summed E-state index contributed by atoms with van der Waals surface area (Å²) < 4.78 is 0. The molecule has 106 valence electrons. The maximum absolute atomic E-state index is 6.53. The summed E-state index contributed by atoms with van der Waals surface area (Å²) in [6.45, 7) is 6.63. The Morgan fingerprint density at radius 3 is 2.32 bits per heavy atom. The highest BCUT2D eigenvalue weighted by atomic mass is 35.5. The summed E-state index contributed by atoms with van der Waals surface area (Å²) in [4.78, 5) is 0. The summed E-state index contributed by atoms with van der Waals surface area (Å²) in [5.41, 5.74) is 4.29. The fourth-order valence-corrected chi connectivity index (χ4v) is 4.07. The number of benzene rings is 1. The SMILES string of the molecule is CCC1(C(NC)c2cc(C)c(C)cc2Cl)CCCC1. The highest BCUT2D eigenvalue weighted by molar-refractivity contribution is 6.31. The van der Waals surface area contributed by atoms with Crippen LogP contribution in [-0.4, -0.2) is 7.05 Å². The molecule has 0 amide bonds. The Morgan fingerprint density at radius 1 is 1.21 bits per heavy atom. The Balaban J connectivity index is 2.44. The van der Waals surface area contributed by atoms with Crippen LogP contribution < -0.4 is 5.32 Å². The van der Waals surface area contributed by atoms with Crippen molar-refractivity contribution >= 4 is 11.6 Å². The first-order valence-electron chi connectivity index (χ1n) is 7.48. The van der Waals surface area contributed by atoms with Crippen molar-refractivity contribution < 1.29 is 0 Å². The molecule has 1 unspecified atom stereocenters. The normalized spacial score (nSPS) is 19.6. The third kappa shape index (κ3) is 2.68. The summed E-state index contributed by atoms with van der Waals surface area (Å²) in [5, 5.41) is 4.47. The van der Waals surface area contributed by atoms with Crippen LogP contribution in [0.1, 0.15) is 61.8 Å². The van der Waals surface area contributed by atoms with E-state index in [2.05, 4.69) is 45.3 Å². The summed E-state index contributed by atoms with van der Waals surface area (Å²) in [5.74, 6) is 0. The zero-order valence-corrected chi connectivity index (χ0v) is 13.4. The minimum Gasteiger partial charge on any atom is -0.312 e. The molecule has 0 aromatic heterocycles. The van der Waals surface area contributed by atoms with Gasteiger partial charge in [0.05, 0.1) is 0 Å². The van der Waals surface area contributed by atoms with Gasteiger partial charge in [0.1, 0.15) is 0 Å². The van der Waals surface area contributed by atoms with Crippen LogP contribution in [0.15, 0.2) is 12.1 Å². The third-order valence-corrected chi connectivity index (χ3v) is 5.46. The van der Waals surface area contributed by atoms with Gasteiger partial charge in [-0.3, -0.25) is 0 Å². The molecule has 0 radical (unpaired) electrons. The Morgan fingerprint density at radius 2 is 1.79 bits per heavy atom. The van der Waals surface area contributed by atoms with Crippen molar-refractivity contribution in [3.05, 3.63) is 33.8 Å². The molecule has 1 saturated carbocycles. The average Bonchev–Trinajstić information content (AvgIpc) is 2.86. The summed E-state index contributed by atoms with van der Waals surface area (Å²) in [6, 6.07) is 4.79. The standard InChI is InChI=1S/C17H26ClN/c1-5-17(8-6-7-9-17)16(19-4)14-10-12(2)13(3)11-15(14)18/h10-11,16,19H,5-9H2,1-4H3. The van der Waals surface area contributed by atoms with E-state index in [1.165, 1.54) is 48.8 Å². The number of nitrogens with one attached hydrogen (secondary N) is 1. The molecule has 1 aliphatic rings.